The van der Waals surface area contributed by atoms with Gasteiger partial charge >= 0.3 is 0 Å². The van der Waals surface area contributed by atoms with Gasteiger partial charge in [-0.25, -0.2) is 13.1 Å². The van der Waals surface area contributed by atoms with E-state index in [1.165, 1.54) is 35.1 Å². The second kappa shape index (κ2) is 9.46. The zero-order chi connectivity index (χ0) is 24.1. The number of para-hydroxylation sites is 2. The summed E-state index contributed by atoms with van der Waals surface area (Å²) in [6, 6.07) is 22.4. The van der Waals surface area contributed by atoms with E-state index in [0.29, 0.717) is 11.4 Å². The van der Waals surface area contributed by atoms with Gasteiger partial charge in [0.1, 0.15) is 0 Å². The molecule has 0 bridgehead atoms. The lowest BCUT2D eigenvalue weighted by Gasteiger charge is -2.09. The quantitative estimate of drug-likeness (QED) is 0.314. The van der Waals surface area contributed by atoms with Gasteiger partial charge in [0.2, 0.25) is 0 Å². The SMILES string of the molecule is O=C(NNC(=O)c1nn(-c2ccccc2)cc1O)c1ccc(S(=O)(=O)Nc2ccccc2)cc1. The maximum atomic E-state index is 12.5. The monoisotopic (exact) mass is 477 g/mol. The zero-order valence-corrected chi connectivity index (χ0v) is 18.4. The highest BCUT2D eigenvalue weighted by Crippen LogP contribution is 2.18. The van der Waals surface area contributed by atoms with Crippen molar-refractivity contribution in [3.8, 4) is 11.4 Å². The van der Waals surface area contributed by atoms with Crippen LogP contribution in [-0.2, 0) is 10.0 Å². The van der Waals surface area contributed by atoms with E-state index in [4.69, 9.17) is 0 Å². The van der Waals surface area contributed by atoms with Crippen molar-refractivity contribution in [1.29, 1.82) is 0 Å². The van der Waals surface area contributed by atoms with E-state index >= 15 is 0 Å². The topological polar surface area (TPSA) is 142 Å². The van der Waals surface area contributed by atoms with E-state index < -0.39 is 21.8 Å². The molecule has 0 aliphatic carbocycles. The molecule has 1 aromatic heterocycles. The summed E-state index contributed by atoms with van der Waals surface area (Å²) in [5, 5.41) is 14.1. The van der Waals surface area contributed by atoms with Gasteiger partial charge in [0.15, 0.2) is 11.4 Å². The lowest BCUT2D eigenvalue weighted by Crippen LogP contribution is -2.41. The number of carbonyl (C=O) groups excluding carboxylic acids is 2. The highest BCUT2D eigenvalue weighted by molar-refractivity contribution is 7.92. The predicted octanol–water partition coefficient (Wildman–Crippen LogP) is 2.45. The third-order valence-electron chi connectivity index (χ3n) is 4.67. The molecule has 0 aliphatic heterocycles. The van der Waals surface area contributed by atoms with Crippen LogP contribution in [0.1, 0.15) is 20.8 Å². The Morgan fingerprint density at radius 1 is 0.794 bits per heavy atom. The third-order valence-corrected chi connectivity index (χ3v) is 6.07. The number of benzene rings is 3. The molecule has 1 heterocycles. The number of aromatic hydroxyl groups is 1. The fourth-order valence-corrected chi connectivity index (χ4v) is 4.05. The minimum Gasteiger partial charge on any atom is -0.504 e. The normalized spacial score (nSPS) is 10.9. The number of sulfonamides is 1. The first kappa shape index (κ1) is 22.6. The van der Waals surface area contributed by atoms with Gasteiger partial charge in [-0.2, -0.15) is 5.10 Å². The Hall–Kier alpha value is -4.64. The fraction of sp³-hybridized carbons (Fsp3) is 0. The van der Waals surface area contributed by atoms with E-state index in [0.717, 1.165) is 0 Å². The van der Waals surface area contributed by atoms with Gasteiger partial charge in [0.05, 0.1) is 16.8 Å². The van der Waals surface area contributed by atoms with E-state index in [1.807, 2.05) is 6.07 Å². The van der Waals surface area contributed by atoms with Crippen LogP contribution in [0.4, 0.5) is 5.69 Å². The summed E-state index contributed by atoms with van der Waals surface area (Å²) in [5.41, 5.74) is 5.26. The summed E-state index contributed by atoms with van der Waals surface area (Å²) in [7, 11) is -3.83. The van der Waals surface area contributed by atoms with Gasteiger partial charge < -0.3 is 5.11 Å². The van der Waals surface area contributed by atoms with Crippen LogP contribution in [0.2, 0.25) is 0 Å². The Labute approximate surface area is 194 Å². The molecular weight excluding hydrogens is 458 g/mol. The number of hydrogen-bond donors (Lipinski definition) is 4. The molecule has 172 valence electrons. The second-order valence-corrected chi connectivity index (χ2v) is 8.73. The predicted molar refractivity (Wildman–Crippen MR) is 124 cm³/mol. The number of aromatic nitrogens is 2. The molecule has 0 saturated heterocycles. The molecule has 4 rings (SSSR count). The smallest absolute Gasteiger partial charge is 0.294 e. The van der Waals surface area contributed by atoms with E-state index in [2.05, 4.69) is 20.7 Å². The molecule has 34 heavy (non-hydrogen) atoms. The van der Waals surface area contributed by atoms with Crippen molar-refractivity contribution in [2.24, 2.45) is 0 Å². The van der Waals surface area contributed by atoms with Crippen molar-refractivity contribution in [1.82, 2.24) is 20.6 Å². The first-order valence-electron chi connectivity index (χ1n) is 9.96. The summed E-state index contributed by atoms with van der Waals surface area (Å²) >= 11 is 0. The van der Waals surface area contributed by atoms with Crippen LogP contribution in [0.5, 0.6) is 5.75 Å². The highest BCUT2D eigenvalue weighted by Gasteiger charge is 2.19. The van der Waals surface area contributed by atoms with Crippen LogP contribution in [-0.4, -0.2) is 35.1 Å². The summed E-state index contributed by atoms with van der Waals surface area (Å²) in [6.45, 7) is 0. The number of hydrazine groups is 1. The van der Waals surface area contributed by atoms with Crippen LogP contribution in [0, 0.1) is 0 Å². The van der Waals surface area contributed by atoms with Crippen molar-refractivity contribution in [3.05, 3.63) is 102 Å². The molecule has 0 saturated carbocycles. The molecule has 4 aromatic rings. The first-order valence-corrected chi connectivity index (χ1v) is 11.4. The van der Waals surface area contributed by atoms with Gasteiger partial charge in [-0.05, 0) is 48.5 Å². The maximum Gasteiger partial charge on any atom is 0.294 e. The van der Waals surface area contributed by atoms with Crippen LogP contribution in [0.15, 0.2) is 96.0 Å². The number of rotatable bonds is 6. The molecule has 0 unspecified atom stereocenters. The number of nitrogens with zero attached hydrogens (tertiary/aromatic N) is 2. The average molecular weight is 478 g/mol. The van der Waals surface area contributed by atoms with Crippen LogP contribution < -0.4 is 15.6 Å². The molecule has 11 heteroatoms. The van der Waals surface area contributed by atoms with Gasteiger partial charge in [-0.1, -0.05) is 36.4 Å². The number of amides is 2. The van der Waals surface area contributed by atoms with Crippen molar-refractivity contribution < 1.29 is 23.1 Å². The van der Waals surface area contributed by atoms with E-state index in [9.17, 15) is 23.1 Å². The van der Waals surface area contributed by atoms with Crippen LogP contribution >= 0.6 is 0 Å². The van der Waals surface area contributed by atoms with Gasteiger partial charge in [-0.15, -0.1) is 0 Å². The maximum absolute atomic E-state index is 12.5. The Kier molecular flexibility index (Phi) is 6.28. The van der Waals surface area contributed by atoms with Gasteiger partial charge in [0.25, 0.3) is 21.8 Å². The van der Waals surface area contributed by atoms with Gasteiger partial charge in [0, 0.05) is 11.3 Å². The summed E-state index contributed by atoms with van der Waals surface area (Å²) in [5.74, 6) is -1.88. The highest BCUT2D eigenvalue weighted by atomic mass is 32.2. The average Bonchev–Trinajstić information content (AvgIpc) is 3.25. The lowest BCUT2D eigenvalue weighted by molar-refractivity contribution is 0.0842. The fourth-order valence-electron chi connectivity index (χ4n) is 2.99. The molecular formula is C23H19N5O5S. The minimum atomic E-state index is -3.83. The largest absolute Gasteiger partial charge is 0.504 e. The molecule has 0 aliphatic rings. The van der Waals surface area contributed by atoms with Gasteiger partial charge in [-0.3, -0.25) is 25.2 Å². The molecule has 3 aromatic carbocycles. The molecule has 2 amide bonds. The van der Waals surface area contributed by atoms with E-state index in [-0.39, 0.29) is 21.9 Å². The lowest BCUT2D eigenvalue weighted by atomic mass is 10.2. The van der Waals surface area contributed by atoms with Crippen LogP contribution in [0.3, 0.4) is 0 Å². The second-order valence-electron chi connectivity index (χ2n) is 7.05. The molecule has 0 spiro atoms. The molecule has 10 nitrogen and oxygen atoms in total. The molecule has 0 atom stereocenters. The molecule has 0 radical (unpaired) electrons. The van der Waals surface area contributed by atoms with E-state index in [1.54, 1.807) is 54.6 Å². The zero-order valence-electron chi connectivity index (χ0n) is 17.5. The summed E-state index contributed by atoms with van der Waals surface area (Å²) < 4.78 is 28.8. The number of hydrogen-bond acceptors (Lipinski definition) is 6. The Bertz CT molecular complexity index is 1420. The van der Waals surface area contributed by atoms with Crippen molar-refractivity contribution in [3.63, 3.8) is 0 Å². The Morgan fingerprint density at radius 2 is 1.38 bits per heavy atom. The summed E-state index contributed by atoms with van der Waals surface area (Å²) in [4.78, 5) is 24.7. The third kappa shape index (κ3) is 5.05. The first-order chi connectivity index (χ1) is 16.3. The number of nitrogens with one attached hydrogen (secondary N) is 3. The summed E-state index contributed by atoms with van der Waals surface area (Å²) in [6.07, 6.45) is 1.27. The van der Waals surface area contributed by atoms with Crippen molar-refractivity contribution in [2.45, 2.75) is 4.90 Å². The Balaban J connectivity index is 1.39. The Morgan fingerprint density at radius 3 is 2.03 bits per heavy atom. The van der Waals surface area contributed by atoms with Crippen molar-refractivity contribution >= 4 is 27.5 Å². The molecule has 4 N–H and O–H groups in total. The minimum absolute atomic E-state index is 0.0340. The van der Waals surface area contributed by atoms with Crippen LogP contribution in [0.25, 0.3) is 5.69 Å². The molecule has 0 fully saturated rings. The standard InChI is InChI=1S/C23H19N5O5S/c29-20-15-28(18-9-5-2-6-10-18)26-21(20)23(31)25-24-22(30)16-11-13-19(14-12-16)34(32,33)27-17-7-3-1-4-8-17/h1-15,27,29H,(H,24,30)(H,25,31). The van der Waals surface area contributed by atoms with Crippen molar-refractivity contribution in [2.75, 3.05) is 4.72 Å². The number of carbonyl (C=O) groups is 2. The number of anilines is 1.